The van der Waals surface area contributed by atoms with Gasteiger partial charge in [0.25, 0.3) is 0 Å². The van der Waals surface area contributed by atoms with Gasteiger partial charge in [-0.05, 0) is 89.1 Å². The van der Waals surface area contributed by atoms with Gasteiger partial charge in [-0.1, -0.05) is 153 Å². The summed E-state index contributed by atoms with van der Waals surface area (Å²) in [7, 11) is 0. The summed E-state index contributed by atoms with van der Waals surface area (Å²) in [5.74, 6) is 0. The molecule has 0 saturated carbocycles. The molecule has 0 amide bonds. The molecule has 4 heteroatoms. The zero-order chi connectivity index (χ0) is 37.9. The van der Waals surface area contributed by atoms with Crippen molar-refractivity contribution in [3.63, 3.8) is 0 Å². The molecule has 0 spiro atoms. The molecule has 0 fully saturated rings. The first kappa shape index (κ1) is 37.1. The number of hydrogen-bond acceptors (Lipinski definition) is 2. The van der Waals surface area contributed by atoms with Gasteiger partial charge in [-0.3, -0.25) is 9.97 Å². The summed E-state index contributed by atoms with van der Waals surface area (Å²) in [5, 5.41) is 8.53. The second-order valence-electron chi connectivity index (χ2n) is 18.3. The first-order valence-corrected chi connectivity index (χ1v) is 19.2. The summed E-state index contributed by atoms with van der Waals surface area (Å²) >= 11 is 0. The molecule has 4 heterocycles. The molecule has 0 aliphatic heterocycles. The summed E-state index contributed by atoms with van der Waals surface area (Å²) in [5.41, 5.74) is 12.9. The Bertz CT molecular complexity index is 2930. The van der Waals surface area contributed by atoms with E-state index in [9.17, 15) is 0 Å². The number of rotatable bonds is 3. The van der Waals surface area contributed by atoms with Crippen molar-refractivity contribution in [1.82, 2.24) is 14.4 Å². The van der Waals surface area contributed by atoms with E-state index in [0.717, 1.165) is 44.8 Å². The van der Waals surface area contributed by atoms with Crippen molar-refractivity contribution in [2.24, 2.45) is 0 Å². The third-order valence-corrected chi connectivity index (χ3v) is 11.3. The standard InChI is InChI=1S/C51H47N3.Pt/c1-30-29-54-47-39(30)24-36(50(5,6)7)25-42(47)40-23-34-22-35(49(2,3)4)19-20-38(34)41-28-45(53-48(54)46(40)41)44-27-37(51(8,9)10)26-43(52-44)33-18-14-17-32(21-33)31-15-12-11-13-16-31;/h11-17,19-28H,1-10H3;/q-2;+2. The summed E-state index contributed by atoms with van der Waals surface area (Å²) in [6, 6.07) is 41.3. The van der Waals surface area contributed by atoms with E-state index in [1.54, 1.807) is 0 Å². The van der Waals surface area contributed by atoms with Crippen LogP contribution >= 0.6 is 0 Å². The van der Waals surface area contributed by atoms with Crippen LogP contribution in [0, 0.1) is 19.2 Å². The fraction of sp³-hybridized carbons (Fsp3) is 0.255. The van der Waals surface area contributed by atoms with Crippen molar-refractivity contribution in [2.75, 3.05) is 0 Å². The van der Waals surface area contributed by atoms with E-state index in [1.165, 1.54) is 60.1 Å². The number of benzene rings is 5. The molecule has 5 aromatic carbocycles. The molecule has 4 aromatic heterocycles. The number of nitrogens with zero attached hydrogens (tertiary/aromatic N) is 3. The van der Waals surface area contributed by atoms with Crippen molar-refractivity contribution >= 4 is 48.9 Å². The van der Waals surface area contributed by atoms with Crippen LogP contribution in [0.5, 0.6) is 0 Å². The maximum absolute atomic E-state index is 5.56. The molecule has 0 radical (unpaired) electrons. The Morgan fingerprint density at radius 1 is 0.527 bits per heavy atom. The largest absolute Gasteiger partial charge is 2.00 e. The van der Waals surface area contributed by atoms with Crippen molar-refractivity contribution < 1.29 is 21.1 Å². The zero-order valence-electron chi connectivity index (χ0n) is 33.5. The van der Waals surface area contributed by atoms with Gasteiger partial charge in [0.1, 0.15) is 0 Å². The van der Waals surface area contributed by atoms with Crippen molar-refractivity contribution in [3.8, 4) is 33.8 Å². The summed E-state index contributed by atoms with van der Waals surface area (Å²) < 4.78 is 2.23. The molecule has 0 N–H and O–H groups in total. The predicted octanol–water partition coefficient (Wildman–Crippen LogP) is 13.6. The Morgan fingerprint density at radius 2 is 1.16 bits per heavy atom. The minimum atomic E-state index is -0.112. The molecule has 55 heavy (non-hydrogen) atoms. The van der Waals surface area contributed by atoms with Crippen LogP contribution in [0.15, 0.2) is 103 Å². The SMILES string of the molecule is Cc1[c-]n2c3nc(-c4cc(C(C)(C)C)cc(-c5[c-]ccc(-c6ccccc6)c5)n4)cc4c5ccc(C(C)(C)C)cc5cc(c5cc(C(C)(C)C)cc1c52)c43.[Pt+2]. The molecular formula is C51H47N3Pt. The molecule has 9 aromatic rings. The Hall–Kier alpha value is -4.85. The molecular weight excluding hydrogens is 850 g/mol. The first-order chi connectivity index (χ1) is 25.5. The molecule has 0 aliphatic rings. The molecule has 9 rings (SSSR count). The van der Waals surface area contributed by atoms with Crippen LogP contribution in [-0.2, 0) is 37.3 Å². The van der Waals surface area contributed by atoms with Gasteiger partial charge in [0, 0.05) is 0 Å². The Labute approximate surface area is 339 Å². The van der Waals surface area contributed by atoms with E-state index in [4.69, 9.17) is 9.97 Å². The summed E-state index contributed by atoms with van der Waals surface area (Å²) in [6.07, 6.45) is 3.75. The van der Waals surface area contributed by atoms with Crippen molar-refractivity contribution in [3.05, 3.63) is 138 Å². The third-order valence-electron chi connectivity index (χ3n) is 11.3. The summed E-state index contributed by atoms with van der Waals surface area (Å²) in [4.78, 5) is 11.0. The number of hydrogen-bond donors (Lipinski definition) is 0. The van der Waals surface area contributed by atoms with Gasteiger partial charge in [-0.2, -0.15) is 0 Å². The van der Waals surface area contributed by atoms with Crippen LogP contribution in [0.25, 0.3) is 82.6 Å². The van der Waals surface area contributed by atoms with E-state index < -0.39 is 0 Å². The topological polar surface area (TPSA) is 30.2 Å². The quantitative estimate of drug-likeness (QED) is 0.100. The maximum Gasteiger partial charge on any atom is 2.00 e. The number of fused-ring (bicyclic) bond motifs is 4. The van der Waals surface area contributed by atoms with Crippen LogP contribution < -0.4 is 0 Å². The molecule has 276 valence electrons. The minimum absolute atomic E-state index is 0. The number of pyridine rings is 3. The summed E-state index contributed by atoms with van der Waals surface area (Å²) in [6.45, 7) is 22.8. The average molecular weight is 897 g/mol. The van der Waals surface area contributed by atoms with Gasteiger partial charge < -0.3 is 4.40 Å². The second-order valence-corrected chi connectivity index (χ2v) is 18.3. The van der Waals surface area contributed by atoms with E-state index in [2.05, 4.69) is 183 Å². The molecule has 3 nitrogen and oxygen atoms in total. The molecule has 0 saturated heterocycles. The van der Waals surface area contributed by atoms with Crippen LogP contribution in [0.4, 0.5) is 0 Å². The first-order valence-electron chi connectivity index (χ1n) is 19.2. The molecule has 0 unspecified atom stereocenters. The third kappa shape index (κ3) is 6.26. The fourth-order valence-electron chi connectivity index (χ4n) is 8.04. The van der Waals surface area contributed by atoms with Gasteiger partial charge >= 0.3 is 21.1 Å². The Morgan fingerprint density at radius 3 is 1.87 bits per heavy atom. The van der Waals surface area contributed by atoms with Crippen LogP contribution in [-0.4, -0.2) is 14.4 Å². The number of aromatic nitrogens is 3. The van der Waals surface area contributed by atoms with Gasteiger partial charge in [0.05, 0.1) is 17.0 Å². The zero-order valence-corrected chi connectivity index (χ0v) is 35.7. The van der Waals surface area contributed by atoms with Crippen molar-refractivity contribution in [2.45, 2.75) is 85.5 Å². The Balaban J connectivity index is 0.00000427. The van der Waals surface area contributed by atoms with Gasteiger partial charge in [0.15, 0.2) is 0 Å². The minimum Gasteiger partial charge on any atom is -0.427 e. The van der Waals surface area contributed by atoms with E-state index in [-0.39, 0.29) is 37.3 Å². The maximum atomic E-state index is 5.56. The molecule has 0 bridgehead atoms. The van der Waals surface area contributed by atoms with Crippen LogP contribution in [0.3, 0.4) is 0 Å². The number of aryl methyl sites for hydroxylation is 1. The predicted molar refractivity (Wildman–Crippen MR) is 229 cm³/mol. The van der Waals surface area contributed by atoms with Crippen LogP contribution in [0.1, 0.15) is 84.6 Å². The fourth-order valence-corrected chi connectivity index (χ4v) is 8.04. The van der Waals surface area contributed by atoms with Gasteiger partial charge in [0.2, 0.25) is 0 Å². The smallest absolute Gasteiger partial charge is 0.427 e. The average Bonchev–Trinajstić information content (AvgIpc) is 3.48. The van der Waals surface area contributed by atoms with E-state index in [1.807, 2.05) is 6.07 Å². The van der Waals surface area contributed by atoms with Crippen LogP contribution in [0.2, 0.25) is 0 Å². The molecule has 0 atom stereocenters. The molecule has 0 aliphatic carbocycles. The van der Waals surface area contributed by atoms with E-state index >= 15 is 0 Å². The Kier molecular flexibility index (Phi) is 8.67. The second kappa shape index (κ2) is 12.9. The van der Waals surface area contributed by atoms with Gasteiger partial charge in [-0.15, -0.1) is 46.3 Å². The normalized spacial score (nSPS) is 12.8. The van der Waals surface area contributed by atoms with Gasteiger partial charge in [-0.25, -0.2) is 0 Å². The monoisotopic (exact) mass is 896 g/mol. The van der Waals surface area contributed by atoms with E-state index in [0.29, 0.717) is 0 Å². The van der Waals surface area contributed by atoms with Crippen molar-refractivity contribution in [1.29, 1.82) is 0 Å².